The van der Waals surface area contributed by atoms with Crippen molar-refractivity contribution >= 4 is 29.0 Å². The summed E-state index contributed by atoms with van der Waals surface area (Å²) < 4.78 is 11.4. The third-order valence-corrected chi connectivity index (χ3v) is 8.45. The van der Waals surface area contributed by atoms with Crippen molar-refractivity contribution in [3.05, 3.63) is 40.1 Å². The number of rotatable bonds is 9. The van der Waals surface area contributed by atoms with Crippen LogP contribution in [0.3, 0.4) is 0 Å². The molecule has 6 nitrogen and oxygen atoms in total. The van der Waals surface area contributed by atoms with Gasteiger partial charge >= 0.3 is 0 Å². The van der Waals surface area contributed by atoms with Gasteiger partial charge in [-0.25, -0.2) is 4.98 Å². The molecule has 3 fully saturated rings. The van der Waals surface area contributed by atoms with Crippen LogP contribution in [0.2, 0.25) is 10.0 Å². The summed E-state index contributed by atoms with van der Waals surface area (Å²) in [6.07, 6.45) is 12.7. The number of anilines is 1. The Hall–Kier alpha value is -1.44. The molecule has 2 aliphatic heterocycles. The molecule has 0 amide bonds. The molecule has 1 aliphatic carbocycles. The monoisotopic (exact) mass is 548 g/mol. The van der Waals surface area contributed by atoms with Gasteiger partial charge in [0.15, 0.2) is 0 Å². The van der Waals surface area contributed by atoms with Crippen LogP contribution in [0.1, 0.15) is 64.5 Å². The first-order chi connectivity index (χ1) is 17.6. The van der Waals surface area contributed by atoms with E-state index in [1.807, 2.05) is 12.1 Å². The lowest BCUT2D eigenvalue weighted by atomic mass is 9.83. The van der Waals surface area contributed by atoms with Gasteiger partial charge in [0.2, 0.25) is 0 Å². The second kappa shape index (κ2) is 14.1. The van der Waals surface area contributed by atoms with Gasteiger partial charge in [-0.15, -0.1) is 0 Å². The molecule has 0 spiro atoms. The first-order valence-electron chi connectivity index (χ1n) is 13.6. The first-order valence-corrected chi connectivity index (χ1v) is 14.4. The van der Waals surface area contributed by atoms with Crippen molar-refractivity contribution in [1.29, 1.82) is 0 Å². The van der Waals surface area contributed by atoms with Gasteiger partial charge in [-0.1, -0.05) is 30.6 Å². The second-order valence-electron chi connectivity index (χ2n) is 10.6. The molecule has 8 heteroatoms. The van der Waals surface area contributed by atoms with Crippen LogP contribution in [0, 0.1) is 11.8 Å². The fourth-order valence-corrected chi connectivity index (χ4v) is 6.09. The molecule has 2 aromatic heterocycles. The van der Waals surface area contributed by atoms with E-state index in [4.69, 9.17) is 37.7 Å². The van der Waals surface area contributed by atoms with E-state index >= 15 is 0 Å². The van der Waals surface area contributed by atoms with Crippen LogP contribution >= 0.6 is 23.2 Å². The van der Waals surface area contributed by atoms with Gasteiger partial charge in [0.25, 0.3) is 0 Å². The number of nitrogens with one attached hydrogen (secondary N) is 2. The van der Waals surface area contributed by atoms with Crippen LogP contribution in [0.4, 0.5) is 5.82 Å². The van der Waals surface area contributed by atoms with Gasteiger partial charge in [0.1, 0.15) is 5.82 Å². The Morgan fingerprint density at radius 3 is 2.51 bits per heavy atom. The smallest absolute Gasteiger partial charge is 0.126 e. The molecule has 2 N–H and O–H groups in total. The lowest BCUT2D eigenvalue weighted by Crippen LogP contribution is -2.38. The third-order valence-electron chi connectivity index (χ3n) is 7.84. The molecule has 0 bridgehead atoms. The van der Waals surface area contributed by atoms with Crippen molar-refractivity contribution in [2.24, 2.45) is 11.8 Å². The summed E-state index contributed by atoms with van der Waals surface area (Å²) >= 11 is 13.2. The van der Waals surface area contributed by atoms with Gasteiger partial charge in [-0.3, -0.25) is 4.98 Å². The summed E-state index contributed by atoms with van der Waals surface area (Å²) in [4.78, 5) is 9.48. The van der Waals surface area contributed by atoms with Crippen molar-refractivity contribution in [3.63, 3.8) is 0 Å². The predicted molar refractivity (Wildman–Crippen MR) is 153 cm³/mol. The van der Waals surface area contributed by atoms with Crippen molar-refractivity contribution in [3.8, 4) is 11.3 Å². The Morgan fingerprint density at radius 2 is 1.76 bits per heavy atom. The normalized spacial score (nSPS) is 26.0. The maximum absolute atomic E-state index is 6.59. The summed E-state index contributed by atoms with van der Waals surface area (Å²) in [5, 5.41) is 8.37. The molecule has 0 aromatic carbocycles. The zero-order valence-electron chi connectivity index (χ0n) is 21.0. The first kappa shape index (κ1) is 28.6. The molecule has 1 saturated carbocycles. The average molecular weight is 550 g/mol. The van der Waals surface area contributed by atoms with Crippen LogP contribution in [0.15, 0.2) is 24.4 Å². The summed E-state index contributed by atoms with van der Waals surface area (Å²) in [6.45, 7) is 4.44. The number of halogens is 2. The zero-order valence-corrected chi connectivity index (χ0v) is 22.5. The highest BCUT2D eigenvalue weighted by Gasteiger charge is 2.24. The van der Waals surface area contributed by atoms with Crippen LogP contribution in [0.5, 0.6) is 0 Å². The highest BCUT2D eigenvalue weighted by atomic mass is 35.5. The second-order valence-corrected chi connectivity index (χ2v) is 11.4. The fourth-order valence-electron chi connectivity index (χ4n) is 5.69. The van der Waals surface area contributed by atoms with Gasteiger partial charge in [0, 0.05) is 49.8 Å². The molecule has 1 unspecified atom stereocenters. The maximum Gasteiger partial charge on any atom is 0.126 e. The molecule has 204 valence electrons. The molecular weight excluding hydrogens is 507 g/mol. The maximum atomic E-state index is 6.59. The van der Waals surface area contributed by atoms with Crippen LogP contribution in [-0.2, 0) is 15.9 Å². The Morgan fingerprint density at radius 1 is 0.919 bits per heavy atom. The standard InChI is InChI=1S/C28H38Cl2N4O2.CH4/c29-25-9-10-27(33-15-20-3-1-11-35-18-20)34-28(25)24-14-22(32-17-26(24)30)13-19-5-7-21(8-6-19)31-16-23-4-2-12-36-23;/h9-10,14,17,19-21,23,31H,1-8,11-13,15-16,18H2,(H,33,34);1H4/t19?,20?,21?,23-;/m1./s1. The number of hydrogen-bond acceptors (Lipinski definition) is 6. The van der Waals surface area contributed by atoms with Crippen LogP contribution in [0.25, 0.3) is 11.3 Å². The van der Waals surface area contributed by atoms with Crippen molar-refractivity contribution in [1.82, 2.24) is 15.3 Å². The molecule has 37 heavy (non-hydrogen) atoms. The lowest BCUT2D eigenvalue weighted by Gasteiger charge is -2.30. The third kappa shape index (κ3) is 8.03. The van der Waals surface area contributed by atoms with E-state index in [1.54, 1.807) is 6.20 Å². The van der Waals surface area contributed by atoms with E-state index in [-0.39, 0.29) is 7.43 Å². The number of hydrogen-bond donors (Lipinski definition) is 2. The van der Waals surface area contributed by atoms with Crippen molar-refractivity contribution in [2.75, 3.05) is 38.2 Å². The Kier molecular flexibility index (Phi) is 10.9. The lowest BCUT2D eigenvalue weighted by molar-refractivity contribution is 0.0595. The molecule has 3 aliphatic rings. The SMILES string of the molecule is C.Clc1cnc(CC2CCC(NC[C@H]3CCCO3)CC2)cc1-c1nc(NCC2CCCOC2)ccc1Cl. The summed E-state index contributed by atoms with van der Waals surface area (Å²) in [7, 11) is 0. The molecular formula is C29H42Cl2N4O2. The Balaban J connectivity index is 0.00000320. The van der Waals surface area contributed by atoms with E-state index in [1.165, 1.54) is 44.9 Å². The predicted octanol–water partition coefficient (Wildman–Crippen LogP) is 6.79. The molecule has 2 saturated heterocycles. The number of ether oxygens (including phenoxy) is 2. The minimum atomic E-state index is 0. The zero-order chi connectivity index (χ0) is 24.7. The molecule has 2 atom stereocenters. The van der Waals surface area contributed by atoms with E-state index in [0.717, 1.165) is 62.8 Å². The van der Waals surface area contributed by atoms with Crippen molar-refractivity contribution < 1.29 is 9.47 Å². The van der Waals surface area contributed by atoms with E-state index in [0.29, 0.717) is 39.7 Å². The van der Waals surface area contributed by atoms with Crippen LogP contribution < -0.4 is 10.6 Å². The van der Waals surface area contributed by atoms with Crippen molar-refractivity contribution in [2.45, 2.75) is 77.4 Å². The van der Waals surface area contributed by atoms with Gasteiger partial charge < -0.3 is 20.1 Å². The van der Waals surface area contributed by atoms with Crippen LogP contribution in [-0.4, -0.2) is 55.0 Å². The summed E-state index contributed by atoms with van der Waals surface area (Å²) in [5.74, 6) is 1.96. The highest BCUT2D eigenvalue weighted by Crippen LogP contribution is 2.34. The van der Waals surface area contributed by atoms with Gasteiger partial charge in [0.05, 0.1) is 28.5 Å². The highest BCUT2D eigenvalue weighted by molar-refractivity contribution is 6.36. The molecule has 2 aromatic rings. The molecule has 0 radical (unpaired) electrons. The summed E-state index contributed by atoms with van der Waals surface area (Å²) in [5.41, 5.74) is 2.61. The Bertz CT molecular complexity index is 988. The van der Waals surface area contributed by atoms with Gasteiger partial charge in [-0.05, 0) is 87.8 Å². The topological polar surface area (TPSA) is 68.3 Å². The summed E-state index contributed by atoms with van der Waals surface area (Å²) in [6, 6.07) is 6.51. The minimum absolute atomic E-state index is 0. The average Bonchev–Trinajstić information content (AvgIpc) is 3.43. The molecule has 5 rings (SSSR count). The number of nitrogens with zero attached hydrogens (tertiary/aromatic N) is 2. The number of aromatic nitrogens is 2. The quantitative estimate of drug-likeness (QED) is 0.359. The molecule has 4 heterocycles. The van der Waals surface area contributed by atoms with E-state index < -0.39 is 0 Å². The number of pyridine rings is 2. The van der Waals surface area contributed by atoms with Gasteiger partial charge in [-0.2, -0.15) is 0 Å². The fraction of sp³-hybridized carbons (Fsp3) is 0.655. The van der Waals surface area contributed by atoms with E-state index in [2.05, 4.69) is 21.7 Å². The minimum Gasteiger partial charge on any atom is -0.381 e. The largest absolute Gasteiger partial charge is 0.381 e. The Labute approximate surface area is 232 Å². The van der Waals surface area contributed by atoms with E-state index in [9.17, 15) is 0 Å².